The predicted molar refractivity (Wildman–Crippen MR) is 68.1 cm³/mol. The lowest BCUT2D eigenvalue weighted by atomic mass is 9.79. The highest BCUT2D eigenvalue weighted by Gasteiger charge is 2.36. The molecule has 0 aromatic heterocycles. The minimum absolute atomic E-state index is 0.494. The van der Waals surface area contributed by atoms with Crippen LogP contribution < -0.4 is 0 Å². The Bertz CT molecular complexity index is 180. The molecule has 0 radical (unpaired) electrons. The molecule has 0 spiro atoms. The van der Waals surface area contributed by atoms with Gasteiger partial charge in [0.1, 0.15) is 0 Å². The smallest absolute Gasteiger partial charge is 0.00960 e. The van der Waals surface area contributed by atoms with Crippen LogP contribution in [-0.4, -0.2) is 24.0 Å². The topological polar surface area (TPSA) is 3.24 Å². The molecule has 0 aromatic carbocycles. The molecule has 0 unspecified atom stereocenters. The molecule has 0 amide bonds. The summed E-state index contributed by atoms with van der Waals surface area (Å²) in [5, 5.41) is 0. The maximum Gasteiger partial charge on any atom is 0.00960 e. The van der Waals surface area contributed by atoms with E-state index in [1.54, 1.807) is 0 Å². The standard InChI is InChI=1S/C14H29N/c1-6-8-9-15-11-12(14(3,4)5)10-13(15)7-2/h12-13H,6-11H2,1-5H3/t12-,13-/m0/s1. The molecule has 0 saturated carbocycles. The minimum atomic E-state index is 0.494. The largest absolute Gasteiger partial charge is 0.300 e. The molecule has 0 aliphatic carbocycles. The Balaban J connectivity index is 2.51. The van der Waals surface area contributed by atoms with E-state index < -0.39 is 0 Å². The van der Waals surface area contributed by atoms with Gasteiger partial charge in [0.15, 0.2) is 0 Å². The van der Waals surface area contributed by atoms with E-state index in [1.807, 2.05) is 0 Å². The van der Waals surface area contributed by atoms with Crippen molar-refractivity contribution in [1.29, 1.82) is 0 Å². The lowest BCUT2D eigenvalue weighted by molar-refractivity contribution is 0.215. The van der Waals surface area contributed by atoms with E-state index in [-0.39, 0.29) is 0 Å². The number of unbranched alkanes of at least 4 members (excludes halogenated alkanes) is 1. The number of rotatable bonds is 4. The van der Waals surface area contributed by atoms with Crippen LogP contribution in [-0.2, 0) is 0 Å². The first-order chi connectivity index (χ1) is 6.99. The van der Waals surface area contributed by atoms with E-state index in [0.29, 0.717) is 5.41 Å². The second-order valence-corrected chi connectivity index (χ2v) is 6.21. The average molecular weight is 211 g/mol. The van der Waals surface area contributed by atoms with E-state index in [0.717, 1.165) is 12.0 Å². The normalized spacial score (nSPS) is 28.6. The second kappa shape index (κ2) is 5.34. The fourth-order valence-corrected chi connectivity index (χ4v) is 2.67. The molecule has 1 saturated heterocycles. The van der Waals surface area contributed by atoms with Crippen molar-refractivity contribution in [2.75, 3.05) is 13.1 Å². The molecule has 0 bridgehead atoms. The van der Waals surface area contributed by atoms with Gasteiger partial charge in [0.05, 0.1) is 0 Å². The van der Waals surface area contributed by atoms with Gasteiger partial charge in [-0.25, -0.2) is 0 Å². The van der Waals surface area contributed by atoms with Gasteiger partial charge < -0.3 is 4.90 Å². The van der Waals surface area contributed by atoms with E-state index in [9.17, 15) is 0 Å². The van der Waals surface area contributed by atoms with Crippen LogP contribution in [0.3, 0.4) is 0 Å². The van der Waals surface area contributed by atoms with Crippen LogP contribution >= 0.6 is 0 Å². The maximum atomic E-state index is 2.74. The van der Waals surface area contributed by atoms with Crippen molar-refractivity contribution in [1.82, 2.24) is 4.90 Å². The monoisotopic (exact) mass is 211 g/mol. The van der Waals surface area contributed by atoms with E-state index in [2.05, 4.69) is 39.5 Å². The first-order valence-electron chi connectivity index (χ1n) is 6.73. The summed E-state index contributed by atoms with van der Waals surface area (Å²) in [5.41, 5.74) is 0.494. The van der Waals surface area contributed by atoms with Crippen LogP contribution in [0.5, 0.6) is 0 Å². The Morgan fingerprint density at radius 1 is 1.20 bits per heavy atom. The van der Waals surface area contributed by atoms with Crippen molar-refractivity contribution in [3.05, 3.63) is 0 Å². The van der Waals surface area contributed by atoms with Crippen molar-refractivity contribution in [3.8, 4) is 0 Å². The van der Waals surface area contributed by atoms with Crippen LogP contribution in [0.15, 0.2) is 0 Å². The molecular weight excluding hydrogens is 182 g/mol. The molecule has 15 heavy (non-hydrogen) atoms. The SMILES string of the molecule is CCCCN1C[C@@H](C(C)(C)C)C[C@@H]1CC. The van der Waals surface area contributed by atoms with Crippen molar-refractivity contribution in [2.45, 2.75) is 66.3 Å². The zero-order chi connectivity index (χ0) is 11.5. The second-order valence-electron chi connectivity index (χ2n) is 6.21. The molecule has 1 aliphatic heterocycles. The van der Waals surface area contributed by atoms with Crippen molar-refractivity contribution in [3.63, 3.8) is 0 Å². The first kappa shape index (κ1) is 13.0. The Hall–Kier alpha value is -0.0400. The third kappa shape index (κ3) is 3.48. The van der Waals surface area contributed by atoms with Gasteiger partial charge in [0.25, 0.3) is 0 Å². The zero-order valence-electron chi connectivity index (χ0n) is 11.3. The predicted octanol–water partition coefficient (Wildman–Crippen LogP) is 3.93. The van der Waals surface area contributed by atoms with Crippen LogP contribution in [0.25, 0.3) is 0 Å². The fraction of sp³-hybridized carbons (Fsp3) is 1.00. The highest BCUT2D eigenvalue weighted by Crippen LogP contribution is 2.37. The summed E-state index contributed by atoms with van der Waals surface area (Å²) < 4.78 is 0. The summed E-state index contributed by atoms with van der Waals surface area (Å²) in [6.45, 7) is 14.5. The Labute approximate surface area is 96.2 Å². The van der Waals surface area contributed by atoms with Gasteiger partial charge in [-0.15, -0.1) is 0 Å². The van der Waals surface area contributed by atoms with Gasteiger partial charge in [0.2, 0.25) is 0 Å². The fourth-order valence-electron chi connectivity index (χ4n) is 2.67. The van der Waals surface area contributed by atoms with Crippen LogP contribution in [0, 0.1) is 11.3 Å². The highest BCUT2D eigenvalue weighted by molar-refractivity contribution is 4.89. The summed E-state index contributed by atoms with van der Waals surface area (Å²) in [4.78, 5) is 2.74. The maximum absolute atomic E-state index is 2.74. The first-order valence-corrected chi connectivity index (χ1v) is 6.73. The molecule has 1 aliphatic rings. The lowest BCUT2D eigenvalue weighted by Gasteiger charge is -2.27. The van der Waals surface area contributed by atoms with Crippen molar-refractivity contribution in [2.24, 2.45) is 11.3 Å². The van der Waals surface area contributed by atoms with Crippen molar-refractivity contribution < 1.29 is 0 Å². The van der Waals surface area contributed by atoms with Crippen LogP contribution in [0.1, 0.15) is 60.3 Å². The molecule has 0 aromatic rings. The third-order valence-electron chi connectivity index (χ3n) is 4.02. The van der Waals surface area contributed by atoms with Gasteiger partial charge in [-0.1, -0.05) is 41.0 Å². The number of hydrogen-bond acceptors (Lipinski definition) is 1. The van der Waals surface area contributed by atoms with E-state index in [1.165, 1.54) is 38.8 Å². The molecule has 1 nitrogen and oxygen atoms in total. The van der Waals surface area contributed by atoms with Crippen molar-refractivity contribution >= 4 is 0 Å². The molecular formula is C14H29N. The van der Waals surface area contributed by atoms with Gasteiger partial charge in [-0.05, 0) is 37.1 Å². The number of hydrogen-bond donors (Lipinski definition) is 0. The zero-order valence-corrected chi connectivity index (χ0v) is 11.3. The summed E-state index contributed by atoms with van der Waals surface area (Å²) in [5.74, 6) is 0.902. The molecule has 2 atom stereocenters. The number of likely N-dealkylation sites (tertiary alicyclic amines) is 1. The molecule has 0 N–H and O–H groups in total. The number of nitrogens with zero attached hydrogens (tertiary/aromatic N) is 1. The Morgan fingerprint density at radius 2 is 1.87 bits per heavy atom. The minimum Gasteiger partial charge on any atom is -0.300 e. The Morgan fingerprint density at radius 3 is 2.33 bits per heavy atom. The summed E-state index contributed by atoms with van der Waals surface area (Å²) in [7, 11) is 0. The van der Waals surface area contributed by atoms with E-state index >= 15 is 0 Å². The van der Waals surface area contributed by atoms with Gasteiger partial charge in [-0.3, -0.25) is 0 Å². The summed E-state index contributed by atoms with van der Waals surface area (Å²) in [6.07, 6.45) is 5.44. The molecule has 1 heterocycles. The van der Waals surface area contributed by atoms with E-state index in [4.69, 9.17) is 0 Å². The van der Waals surface area contributed by atoms with Gasteiger partial charge in [0, 0.05) is 12.6 Å². The van der Waals surface area contributed by atoms with Crippen LogP contribution in [0.4, 0.5) is 0 Å². The van der Waals surface area contributed by atoms with Gasteiger partial charge >= 0.3 is 0 Å². The molecule has 1 heteroatoms. The molecule has 1 rings (SSSR count). The highest BCUT2D eigenvalue weighted by atomic mass is 15.2. The lowest BCUT2D eigenvalue weighted by Crippen LogP contribution is -2.30. The third-order valence-corrected chi connectivity index (χ3v) is 4.02. The van der Waals surface area contributed by atoms with Crippen LogP contribution in [0.2, 0.25) is 0 Å². The average Bonchev–Trinajstić information content (AvgIpc) is 2.57. The quantitative estimate of drug-likeness (QED) is 0.681. The molecule has 1 fully saturated rings. The van der Waals surface area contributed by atoms with Gasteiger partial charge in [-0.2, -0.15) is 0 Å². The summed E-state index contributed by atoms with van der Waals surface area (Å²) >= 11 is 0. The molecule has 90 valence electrons. The summed E-state index contributed by atoms with van der Waals surface area (Å²) in [6, 6.07) is 0.862. The Kier molecular flexibility index (Phi) is 4.64.